The second kappa shape index (κ2) is 7.84. The van der Waals surface area contributed by atoms with E-state index in [2.05, 4.69) is 15.6 Å². The SMILES string of the molecule is CCc1cnc(CNC(=O)N[C@@H](CC(C)C)C(=O)O)s1. The third-order valence-electron chi connectivity index (χ3n) is 2.66. The number of thiazole rings is 1. The molecule has 1 atom stereocenters. The molecular weight excluding hydrogens is 278 g/mol. The van der Waals surface area contributed by atoms with E-state index in [4.69, 9.17) is 5.11 Å². The van der Waals surface area contributed by atoms with Gasteiger partial charge in [0.05, 0.1) is 6.54 Å². The molecular formula is C13H21N3O3S. The number of nitrogens with one attached hydrogen (secondary N) is 2. The first-order chi connectivity index (χ1) is 9.42. The van der Waals surface area contributed by atoms with Gasteiger partial charge in [0.2, 0.25) is 0 Å². The predicted molar refractivity (Wildman–Crippen MR) is 77.7 cm³/mol. The number of aromatic nitrogens is 1. The van der Waals surface area contributed by atoms with Gasteiger partial charge in [0, 0.05) is 11.1 Å². The van der Waals surface area contributed by atoms with Crippen LogP contribution < -0.4 is 10.6 Å². The van der Waals surface area contributed by atoms with Gasteiger partial charge < -0.3 is 15.7 Å². The first kappa shape index (κ1) is 16.4. The van der Waals surface area contributed by atoms with Crippen LogP contribution in [0.5, 0.6) is 0 Å². The van der Waals surface area contributed by atoms with E-state index in [1.807, 2.05) is 20.8 Å². The van der Waals surface area contributed by atoms with Crippen LogP contribution in [0.1, 0.15) is 37.1 Å². The molecule has 0 saturated heterocycles. The number of aryl methyl sites for hydroxylation is 1. The normalized spacial score (nSPS) is 12.2. The molecule has 1 aromatic rings. The van der Waals surface area contributed by atoms with E-state index in [1.54, 1.807) is 17.5 Å². The van der Waals surface area contributed by atoms with Crippen LogP contribution in [0.15, 0.2) is 6.20 Å². The summed E-state index contributed by atoms with van der Waals surface area (Å²) >= 11 is 1.54. The van der Waals surface area contributed by atoms with Crippen molar-refractivity contribution in [1.82, 2.24) is 15.6 Å². The predicted octanol–water partition coefficient (Wildman–Crippen LogP) is 2.00. The van der Waals surface area contributed by atoms with Gasteiger partial charge in [-0.25, -0.2) is 14.6 Å². The second-order valence-corrected chi connectivity index (χ2v) is 6.12. The molecule has 1 aromatic heterocycles. The largest absolute Gasteiger partial charge is 0.480 e. The van der Waals surface area contributed by atoms with Crippen LogP contribution in [0.2, 0.25) is 0 Å². The lowest BCUT2D eigenvalue weighted by atomic mass is 10.0. The summed E-state index contributed by atoms with van der Waals surface area (Å²) in [5.41, 5.74) is 0. The Morgan fingerprint density at radius 2 is 2.15 bits per heavy atom. The minimum atomic E-state index is -1.02. The van der Waals surface area contributed by atoms with Gasteiger partial charge in [-0.15, -0.1) is 11.3 Å². The van der Waals surface area contributed by atoms with E-state index in [0.29, 0.717) is 13.0 Å². The zero-order valence-electron chi connectivity index (χ0n) is 12.0. The summed E-state index contributed by atoms with van der Waals surface area (Å²) in [7, 11) is 0. The molecule has 0 aliphatic carbocycles. The molecule has 0 aliphatic heterocycles. The van der Waals surface area contributed by atoms with Crippen molar-refractivity contribution in [3.05, 3.63) is 16.1 Å². The van der Waals surface area contributed by atoms with Crippen LogP contribution in [-0.4, -0.2) is 28.1 Å². The van der Waals surface area contributed by atoms with Crippen molar-refractivity contribution in [3.8, 4) is 0 Å². The zero-order chi connectivity index (χ0) is 15.1. The van der Waals surface area contributed by atoms with E-state index in [0.717, 1.165) is 16.3 Å². The average molecular weight is 299 g/mol. The van der Waals surface area contributed by atoms with E-state index in [1.165, 1.54) is 0 Å². The average Bonchev–Trinajstić information content (AvgIpc) is 2.83. The van der Waals surface area contributed by atoms with Crippen molar-refractivity contribution < 1.29 is 14.7 Å². The number of hydrogen-bond acceptors (Lipinski definition) is 4. The number of hydrogen-bond donors (Lipinski definition) is 3. The van der Waals surface area contributed by atoms with Gasteiger partial charge in [0.25, 0.3) is 0 Å². The summed E-state index contributed by atoms with van der Waals surface area (Å²) in [6.07, 6.45) is 3.11. The molecule has 1 heterocycles. The summed E-state index contributed by atoms with van der Waals surface area (Å²) in [6.45, 7) is 6.18. The highest BCUT2D eigenvalue weighted by Crippen LogP contribution is 2.12. The molecule has 6 nitrogen and oxygen atoms in total. The van der Waals surface area contributed by atoms with Crippen LogP contribution >= 0.6 is 11.3 Å². The summed E-state index contributed by atoms with van der Waals surface area (Å²) in [6, 6.07) is -1.34. The number of urea groups is 1. The summed E-state index contributed by atoms with van der Waals surface area (Å²) in [5, 5.41) is 14.9. The Labute approximate surface area is 122 Å². The Kier molecular flexibility index (Phi) is 6.44. The number of carboxylic acid groups (broad SMARTS) is 1. The lowest BCUT2D eigenvalue weighted by Crippen LogP contribution is -2.46. The van der Waals surface area contributed by atoms with E-state index < -0.39 is 18.0 Å². The maximum atomic E-state index is 11.7. The molecule has 1 rings (SSSR count). The second-order valence-electron chi connectivity index (χ2n) is 4.92. The Morgan fingerprint density at radius 3 is 2.65 bits per heavy atom. The van der Waals surface area contributed by atoms with E-state index in [-0.39, 0.29) is 5.92 Å². The van der Waals surface area contributed by atoms with Gasteiger partial charge in [0.15, 0.2) is 0 Å². The molecule has 20 heavy (non-hydrogen) atoms. The Balaban J connectivity index is 2.43. The van der Waals surface area contributed by atoms with Gasteiger partial charge >= 0.3 is 12.0 Å². The maximum Gasteiger partial charge on any atom is 0.326 e. The van der Waals surface area contributed by atoms with Crippen LogP contribution in [0.3, 0.4) is 0 Å². The van der Waals surface area contributed by atoms with Crippen molar-refractivity contribution in [2.24, 2.45) is 5.92 Å². The van der Waals surface area contributed by atoms with Gasteiger partial charge in [-0.2, -0.15) is 0 Å². The van der Waals surface area contributed by atoms with Gasteiger partial charge in [-0.1, -0.05) is 20.8 Å². The summed E-state index contributed by atoms with van der Waals surface area (Å²) in [4.78, 5) is 28.1. The molecule has 0 radical (unpaired) electrons. The van der Waals surface area contributed by atoms with Crippen molar-refractivity contribution >= 4 is 23.3 Å². The molecule has 0 spiro atoms. The Bertz CT molecular complexity index is 459. The van der Waals surface area contributed by atoms with E-state index >= 15 is 0 Å². The fraction of sp³-hybridized carbons (Fsp3) is 0.615. The number of carboxylic acids is 1. The highest BCUT2D eigenvalue weighted by atomic mass is 32.1. The van der Waals surface area contributed by atoms with Gasteiger partial charge in [0.1, 0.15) is 11.0 Å². The molecule has 0 fully saturated rings. The van der Waals surface area contributed by atoms with Crippen molar-refractivity contribution in [3.63, 3.8) is 0 Å². The number of carbonyl (C=O) groups is 2. The first-order valence-electron chi connectivity index (χ1n) is 6.63. The molecule has 112 valence electrons. The number of carbonyl (C=O) groups excluding carboxylic acids is 1. The van der Waals surface area contributed by atoms with Crippen LogP contribution in [-0.2, 0) is 17.8 Å². The quantitative estimate of drug-likeness (QED) is 0.718. The third kappa shape index (κ3) is 5.56. The van der Waals surface area contributed by atoms with E-state index in [9.17, 15) is 9.59 Å². The summed E-state index contributed by atoms with van der Waals surface area (Å²) < 4.78 is 0. The Morgan fingerprint density at radius 1 is 1.45 bits per heavy atom. The highest BCUT2D eigenvalue weighted by Gasteiger charge is 2.20. The van der Waals surface area contributed by atoms with Gasteiger partial charge in [-0.3, -0.25) is 0 Å². The van der Waals surface area contributed by atoms with Crippen LogP contribution in [0.25, 0.3) is 0 Å². The molecule has 0 aromatic carbocycles. The molecule has 0 saturated carbocycles. The number of nitrogens with zero attached hydrogens (tertiary/aromatic N) is 1. The fourth-order valence-electron chi connectivity index (χ4n) is 1.65. The molecule has 0 bridgehead atoms. The van der Waals surface area contributed by atoms with Crippen LogP contribution in [0.4, 0.5) is 4.79 Å². The maximum absolute atomic E-state index is 11.7. The monoisotopic (exact) mass is 299 g/mol. The first-order valence-corrected chi connectivity index (χ1v) is 7.44. The fourth-order valence-corrected chi connectivity index (χ4v) is 2.45. The zero-order valence-corrected chi connectivity index (χ0v) is 12.8. The third-order valence-corrected chi connectivity index (χ3v) is 3.80. The summed E-state index contributed by atoms with van der Waals surface area (Å²) in [5.74, 6) is -0.821. The molecule has 3 N–H and O–H groups in total. The van der Waals surface area contributed by atoms with Crippen molar-refractivity contribution in [2.45, 2.75) is 46.2 Å². The molecule has 0 aliphatic rings. The smallest absolute Gasteiger partial charge is 0.326 e. The van der Waals surface area contributed by atoms with Crippen LogP contribution in [0, 0.1) is 5.92 Å². The highest BCUT2D eigenvalue weighted by molar-refractivity contribution is 7.11. The lowest BCUT2D eigenvalue weighted by Gasteiger charge is -2.16. The Hall–Kier alpha value is -1.63. The van der Waals surface area contributed by atoms with Gasteiger partial charge in [-0.05, 0) is 18.8 Å². The molecule has 7 heteroatoms. The number of amides is 2. The van der Waals surface area contributed by atoms with Crippen molar-refractivity contribution in [2.75, 3.05) is 0 Å². The standard InChI is InChI=1S/C13H21N3O3S/c1-4-9-6-14-11(20-9)7-15-13(19)16-10(12(17)18)5-8(2)3/h6,8,10H,4-5,7H2,1-3H3,(H,17,18)(H2,15,16,19)/t10-/m0/s1. The number of rotatable bonds is 7. The van der Waals surface area contributed by atoms with Crippen molar-refractivity contribution in [1.29, 1.82) is 0 Å². The minimum Gasteiger partial charge on any atom is -0.480 e. The minimum absolute atomic E-state index is 0.197. The number of aliphatic carboxylic acids is 1. The lowest BCUT2D eigenvalue weighted by molar-refractivity contribution is -0.139. The topological polar surface area (TPSA) is 91.3 Å². The molecule has 2 amide bonds. The molecule has 0 unspecified atom stereocenters.